The number of amides is 1. The summed E-state index contributed by atoms with van der Waals surface area (Å²) >= 11 is 9.12. The number of hydrogen-bond acceptors (Lipinski definition) is 2. The molecular weight excluding hydrogens is 305 g/mol. The predicted octanol–water partition coefficient (Wildman–Crippen LogP) is 2.85. The number of nitrogens with one attached hydrogen (secondary N) is 1. The van der Waals surface area contributed by atoms with Crippen LogP contribution in [0.4, 0.5) is 0 Å². The van der Waals surface area contributed by atoms with Gasteiger partial charge in [-0.3, -0.25) is 4.79 Å². The Morgan fingerprint density at radius 2 is 2.18 bits per heavy atom. The molecule has 94 valence electrons. The minimum absolute atomic E-state index is 0.0229. The fourth-order valence-electron chi connectivity index (χ4n) is 1.23. The number of aliphatic hydroxyl groups excluding tert-OH is 1. The molecule has 1 aromatic rings. The van der Waals surface area contributed by atoms with Gasteiger partial charge in [-0.25, -0.2) is 0 Å². The van der Waals surface area contributed by atoms with Crippen LogP contribution in [0.2, 0.25) is 5.02 Å². The molecule has 0 aliphatic carbocycles. The van der Waals surface area contributed by atoms with Gasteiger partial charge in [-0.15, -0.1) is 0 Å². The van der Waals surface area contributed by atoms with E-state index in [1.165, 1.54) is 0 Å². The maximum Gasteiger partial charge on any atom is 0.251 e. The SMILES string of the molecule is CC(CO)C(C)NC(=O)c1ccc(Cl)c(Br)c1. The zero-order chi connectivity index (χ0) is 13.0. The molecule has 0 aliphatic rings. The van der Waals surface area contributed by atoms with E-state index >= 15 is 0 Å². The Labute approximate surface area is 114 Å². The monoisotopic (exact) mass is 319 g/mol. The number of benzene rings is 1. The second-order valence-corrected chi connectivity index (χ2v) is 5.31. The number of rotatable bonds is 4. The van der Waals surface area contributed by atoms with Gasteiger partial charge in [-0.2, -0.15) is 0 Å². The number of carbonyl (C=O) groups is 1. The third kappa shape index (κ3) is 3.98. The minimum atomic E-state index is -0.171. The lowest BCUT2D eigenvalue weighted by atomic mass is 10.0. The first-order valence-corrected chi connectivity index (χ1v) is 6.49. The molecule has 0 heterocycles. The van der Waals surface area contributed by atoms with E-state index < -0.39 is 0 Å². The molecule has 17 heavy (non-hydrogen) atoms. The van der Waals surface area contributed by atoms with Gasteiger partial charge in [0.25, 0.3) is 5.91 Å². The molecule has 1 rings (SSSR count). The number of halogens is 2. The molecule has 0 aromatic heterocycles. The minimum Gasteiger partial charge on any atom is -0.396 e. The van der Waals surface area contributed by atoms with Crippen molar-refractivity contribution in [2.45, 2.75) is 19.9 Å². The topological polar surface area (TPSA) is 49.3 Å². The zero-order valence-electron chi connectivity index (χ0n) is 9.71. The van der Waals surface area contributed by atoms with Gasteiger partial charge in [0.2, 0.25) is 0 Å². The maximum atomic E-state index is 11.9. The molecule has 2 atom stereocenters. The third-order valence-electron chi connectivity index (χ3n) is 2.68. The highest BCUT2D eigenvalue weighted by atomic mass is 79.9. The molecule has 0 saturated carbocycles. The summed E-state index contributed by atoms with van der Waals surface area (Å²) in [5.41, 5.74) is 0.540. The Morgan fingerprint density at radius 1 is 1.53 bits per heavy atom. The Kier molecular flexibility index (Phi) is 5.43. The summed E-state index contributed by atoms with van der Waals surface area (Å²) in [7, 11) is 0. The van der Waals surface area contributed by atoms with Crippen molar-refractivity contribution in [1.29, 1.82) is 0 Å². The van der Waals surface area contributed by atoms with Crippen molar-refractivity contribution >= 4 is 33.4 Å². The van der Waals surface area contributed by atoms with Crippen molar-refractivity contribution in [1.82, 2.24) is 5.32 Å². The Bertz CT molecular complexity index is 411. The van der Waals surface area contributed by atoms with E-state index in [0.717, 1.165) is 0 Å². The van der Waals surface area contributed by atoms with Crippen LogP contribution in [0.15, 0.2) is 22.7 Å². The van der Waals surface area contributed by atoms with Crippen LogP contribution < -0.4 is 5.32 Å². The van der Waals surface area contributed by atoms with E-state index in [-0.39, 0.29) is 24.5 Å². The first-order valence-electron chi connectivity index (χ1n) is 5.32. The summed E-state index contributed by atoms with van der Waals surface area (Å²) in [6.45, 7) is 3.79. The first kappa shape index (κ1) is 14.5. The summed E-state index contributed by atoms with van der Waals surface area (Å²) in [4.78, 5) is 11.9. The maximum absolute atomic E-state index is 11.9. The van der Waals surface area contributed by atoms with Gasteiger partial charge >= 0.3 is 0 Å². The third-order valence-corrected chi connectivity index (χ3v) is 3.90. The van der Waals surface area contributed by atoms with Gasteiger partial charge in [0.1, 0.15) is 0 Å². The lowest BCUT2D eigenvalue weighted by molar-refractivity contribution is 0.0916. The van der Waals surface area contributed by atoms with E-state index in [1.54, 1.807) is 18.2 Å². The average Bonchev–Trinajstić information content (AvgIpc) is 2.31. The highest BCUT2D eigenvalue weighted by Crippen LogP contribution is 2.23. The Morgan fingerprint density at radius 3 is 2.71 bits per heavy atom. The first-order chi connectivity index (χ1) is 7.95. The van der Waals surface area contributed by atoms with Crippen LogP contribution in [0, 0.1) is 5.92 Å². The summed E-state index contributed by atoms with van der Waals surface area (Å²) < 4.78 is 0.690. The normalized spacial score (nSPS) is 14.2. The molecule has 3 nitrogen and oxygen atoms in total. The van der Waals surface area contributed by atoms with Crippen molar-refractivity contribution in [3.8, 4) is 0 Å². The zero-order valence-corrected chi connectivity index (χ0v) is 12.0. The van der Waals surface area contributed by atoms with Crippen molar-refractivity contribution in [2.24, 2.45) is 5.92 Å². The highest BCUT2D eigenvalue weighted by molar-refractivity contribution is 9.10. The van der Waals surface area contributed by atoms with Gasteiger partial charge in [0.05, 0.1) is 5.02 Å². The number of carbonyl (C=O) groups excluding carboxylic acids is 1. The molecule has 0 spiro atoms. The molecular formula is C12H15BrClNO2. The van der Waals surface area contributed by atoms with Crippen molar-refractivity contribution < 1.29 is 9.90 Å². The summed E-state index contributed by atoms with van der Waals surface area (Å²) in [5.74, 6) is -0.148. The largest absolute Gasteiger partial charge is 0.396 e. The van der Waals surface area contributed by atoms with Crippen molar-refractivity contribution in [3.05, 3.63) is 33.3 Å². The standard InChI is InChI=1S/C12H15BrClNO2/c1-7(6-16)8(2)15-12(17)9-3-4-11(14)10(13)5-9/h3-5,7-8,16H,6H2,1-2H3,(H,15,17). The van der Waals surface area contributed by atoms with E-state index in [9.17, 15) is 4.79 Å². The smallest absolute Gasteiger partial charge is 0.251 e. The lowest BCUT2D eigenvalue weighted by Gasteiger charge is -2.19. The summed E-state index contributed by atoms with van der Waals surface area (Å²) in [6, 6.07) is 4.93. The second-order valence-electron chi connectivity index (χ2n) is 4.05. The van der Waals surface area contributed by atoms with Gasteiger partial charge < -0.3 is 10.4 Å². The fraction of sp³-hybridized carbons (Fsp3) is 0.417. The van der Waals surface area contributed by atoms with E-state index in [0.29, 0.717) is 15.1 Å². The molecule has 0 bridgehead atoms. The van der Waals surface area contributed by atoms with Gasteiger partial charge in [-0.05, 0) is 47.0 Å². The van der Waals surface area contributed by atoms with Gasteiger partial charge in [0.15, 0.2) is 0 Å². The van der Waals surface area contributed by atoms with E-state index in [2.05, 4.69) is 21.2 Å². The fourth-order valence-corrected chi connectivity index (χ4v) is 1.72. The molecule has 2 N–H and O–H groups in total. The van der Waals surface area contributed by atoms with Crippen molar-refractivity contribution in [2.75, 3.05) is 6.61 Å². The van der Waals surface area contributed by atoms with Crippen LogP contribution in [0.25, 0.3) is 0 Å². The Hall–Kier alpha value is -0.580. The van der Waals surface area contributed by atoms with Crippen LogP contribution in [0.1, 0.15) is 24.2 Å². The Balaban J connectivity index is 2.73. The van der Waals surface area contributed by atoms with Crippen LogP contribution in [0.5, 0.6) is 0 Å². The molecule has 0 saturated heterocycles. The second kappa shape index (κ2) is 6.38. The van der Waals surface area contributed by atoms with Gasteiger partial charge in [-0.1, -0.05) is 18.5 Å². The van der Waals surface area contributed by atoms with E-state index in [1.807, 2.05) is 13.8 Å². The molecule has 2 unspecified atom stereocenters. The number of aliphatic hydroxyl groups is 1. The highest BCUT2D eigenvalue weighted by Gasteiger charge is 2.15. The molecule has 1 aromatic carbocycles. The quantitative estimate of drug-likeness (QED) is 0.896. The summed E-state index contributed by atoms with van der Waals surface area (Å²) in [6.07, 6.45) is 0. The molecule has 0 aliphatic heterocycles. The van der Waals surface area contributed by atoms with Crippen molar-refractivity contribution in [3.63, 3.8) is 0 Å². The molecule has 1 amide bonds. The number of hydrogen-bond donors (Lipinski definition) is 2. The van der Waals surface area contributed by atoms with Crippen LogP contribution >= 0.6 is 27.5 Å². The van der Waals surface area contributed by atoms with Crippen LogP contribution in [0.3, 0.4) is 0 Å². The molecule has 5 heteroatoms. The lowest BCUT2D eigenvalue weighted by Crippen LogP contribution is -2.38. The predicted molar refractivity (Wildman–Crippen MR) is 72.3 cm³/mol. The van der Waals surface area contributed by atoms with Crippen LogP contribution in [-0.2, 0) is 0 Å². The average molecular weight is 321 g/mol. The van der Waals surface area contributed by atoms with Crippen LogP contribution in [-0.4, -0.2) is 23.7 Å². The van der Waals surface area contributed by atoms with Gasteiger partial charge in [0, 0.05) is 22.7 Å². The molecule has 0 radical (unpaired) electrons. The molecule has 0 fully saturated rings. The summed E-state index contributed by atoms with van der Waals surface area (Å²) in [5, 5.41) is 12.4. The van der Waals surface area contributed by atoms with E-state index in [4.69, 9.17) is 16.7 Å².